The first-order valence-electron chi connectivity index (χ1n) is 38.8. The minimum atomic E-state index is -1.79. The minimum Gasteiger partial charge on any atom is -0.394 e. The highest BCUT2D eigenvalue weighted by molar-refractivity contribution is 5.76. The molecule has 14 heteroatoms. The first-order chi connectivity index (χ1) is 47.1. The largest absolute Gasteiger partial charge is 0.394 e. The summed E-state index contributed by atoms with van der Waals surface area (Å²) in [6.45, 7) is 2.71. The number of ether oxygens (including phenoxy) is 4. The van der Waals surface area contributed by atoms with Crippen LogP contribution in [0.3, 0.4) is 0 Å². The van der Waals surface area contributed by atoms with Crippen molar-refractivity contribution in [2.45, 2.75) is 370 Å². The van der Waals surface area contributed by atoms with Gasteiger partial charge in [-0.2, -0.15) is 0 Å². The predicted molar refractivity (Wildman–Crippen MR) is 396 cm³/mol. The number of aliphatic hydroxyl groups excluding tert-OH is 8. The zero-order valence-corrected chi connectivity index (χ0v) is 60.3. The zero-order valence-electron chi connectivity index (χ0n) is 60.3. The van der Waals surface area contributed by atoms with Crippen LogP contribution in [0.5, 0.6) is 0 Å². The van der Waals surface area contributed by atoms with Gasteiger partial charge in [-0.05, 0) is 89.9 Å². The second-order valence-electron chi connectivity index (χ2n) is 26.8. The second kappa shape index (κ2) is 64.7. The van der Waals surface area contributed by atoms with E-state index in [0.717, 1.165) is 103 Å². The number of unbranched alkanes of at least 4 members (excludes halogenated alkanes) is 32. The van der Waals surface area contributed by atoms with E-state index in [1.807, 2.05) is 6.08 Å². The molecule has 2 heterocycles. The number of hydrogen-bond donors (Lipinski definition) is 9. The van der Waals surface area contributed by atoms with Crippen LogP contribution in [-0.4, -0.2) is 140 Å². The van der Waals surface area contributed by atoms with Gasteiger partial charge in [-0.15, -0.1) is 0 Å². The van der Waals surface area contributed by atoms with Crippen molar-refractivity contribution >= 4 is 5.91 Å². The molecule has 0 aliphatic carbocycles. The number of rotatable bonds is 63. The Labute approximate surface area is 584 Å². The summed E-state index contributed by atoms with van der Waals surface area (Å²) in [5.41, 5.74) is 0. The molecule has 2 aliphatic heterocycles. The van der Waals surface area contributed by atoms with E-state index in [-0.39, 0.29) is 18.9 Å². The molecule has 2 rings (SSSR count). The maximum Gasteiger partial charge on any atom is 0.220 e. The van der Waals surface area contributed by atoms with Crippen LogP contribution in [0.25, 0.3) is 0 Å². The van der Waals surface area contributed by atoms with E-state index >= 15 is 0 Å². The lowest BCUT2D eigenvalue weighted by Crippen LogP contribution is -2.65. The highest BCUT2D eigenvalue weighted by atomic mass is 16.7. The van der Waals surface area contributed by atoms with Crippen LogP contribution in [0.2, 0.25) is 0 Å². The lowest BCUT2D eigenvalue weighted by molar-refractivity contribution is -0.359. The maximum atomic E-state index is 13.4. The zero-order chi connectivity index (χ0) is 69.4. The summed E-state index contributed by atoms with van der Waals surface area (Å²) < 4.78 is 22.9. The van der Waals surface area contributed by atoms with Gasteiger partial charge in [-0.1, -0.05) is 322 Å². The summed E-state index contributed by atoms with van der Waals surface area (Å²) in [4.78, 5) is 13.4. The number of carbonyl (C=O) groups excluding carboxylic acids is 1. The highest BCUT2D eigenvalue weighted by Crippen LogP contribution is 2.30. The van der Waals surface area contributed by atoms with Crippen molar-refractivity contribution in [3.8, 4) is 0 Å². The Morgan fingerprint density at radius 2 is 0.719 bits per heavy atom. The molecule has 96 heavy (non-hydrogen) atoms. The van der Waals surface area contributed by atoms with Crippen molar-refractivity contribution in [2.24, 2.45) is 0 Å². The molecular weight excluding hydrogens is 1210 g/mol. The topological polar surface area (TPSA) is 228 Å². The molecule has 0 saturated carbocycles. The molecule has 2 saturated heterocycles. The fourth-order valence-corrected chi connectivity index (χ4v) is 12.1. The monoisotopic (exact) mass is 1350 g/mol. The first-order valence-corrected chi connectivity index (χ1v) is 38.8. The van der Waals surface area contributed by atoms with Crippen molar-refractivity contribution in [3.05, 3.63) is 122 Å². The number of hydrogen-bond acceptors (Lipinski definition) is 13. The summed E-state index contributed by atoms with van der Waals surface area (Å²) in [5, 5.41) is 87.6. The van der Waals surface area contributed by atoms with Crippen LogP contribution < -0.4 is 5.32 Å². The Kier molecular flexibility index (Phi) is 59.7. The van der Waals surface area contributed by atoms with E-state index in [2.05, 4.69) is 129 Å². The molecular formula is C82H141NO13. The fourth-order valence-electron chi connectivity index (χ4n) is 12.1. The summed E-state index contributed by atoms with van der Waals surface area (Å²) in [6.07, 6.45) is 78.3. The molecule has 2 fully saturated rings. The number of nitrogens with one attached hydrogen (secondary N) is 1. The lowest BCUT2D eigenvalue weighted by atomic mass is 9.97. The molecule has 0 bridgehead atoms. The SMILES string of the molecule is CC/C=C\C/C=C\C/C=C\C/C=C\C/C=C\C/C=C\C/C=C\C/C=C\C/C=C\CCCCCCCCCCCCCC(=O)NC(COC1OC(CO)C(OC2OC(CO)C(O)C(O)C2O)C(O)C1O)C(O)/C=C/CCCCCCCCCCCCCCCCCCCCCCC. The summed E-state index contributed by atoms with van der Waals surface area (Å²) in [7, 11) is 0. The van der Waals surface area contributed by atoms with Crippen LogP contribution in [0.15, 0.2) is 122 Å². The van der Waals surface area contributed by atoms with Gasteiger partial charge >= 0.3 is 0 Å². The third-order valence-electron chi connectivity index (χ3n) is 18.2. The quantitative estimate of drug-likeness (QED) is 0.0204. The Bertz CT molecular complexity index is 2080. The summed E-state index contributed by atoms with van der Waals surface area (Å²) in [6, 6.07) is -0.925. The maximum absolute atomic E-state index is 13.4. The predicted octanol–water partition coefficient (Wildman–Crippen LogP) is 17.2. The highest BCUT2D eigenvalue weighted by Gasteiger charge is 2.51. The molecule has 1 amide bonds. The van der Waals surface area contributed by atoms with Gasteiger partial charge in [0, 0.05) is 6.42 Å². The Balaban J connectivity index is 1.63. The summed E-state index contributed by atoms with van der Waals surface area (Å²) >= 11 is 0. The molecule has 14 nitrogen and oxygen atoms in total. The molecule has 9 N–H and O–H groups in total. The first kappa shape index (κ1) is 88.5. The number of amides is 1. The second-order valence-corrected chi connectivity index (χ2v) is 26.8. The molecule has 0 aromatic carbocycles. The molecule has 0 spiro atoms. The molecule has 0 aromatic heterocycles. The van der Waals surface area contributed by atoms with Gasteiger partial charge in [0.2, 0.25) is 5.91 Å². The van der Waals surface area contributed by atoms with E-state index in [4.69, 9.17) is 18.9 Å². The lowest BCUT2D eigenvalue weighted by Gasteiger charge is -2.46. The Morgan fingerprint density at radius 1 is 0.385 bits per heavy atom. The van der Waals surface area contributed by atoms with Crippen molar-refractivity contribution in [1.29, 1.82) is 0 Å². The molecule has 12 atom stereocenters. The van der Waals surface area contributed by atoms with Crippen molar-refractivity contribution < 1.29 is 64.6 Å². The smallest absolute Gasteiger partial charge is 0.220 e. The molecule has 2 aliphatic rings. The Morgan fingerprint density at radius 3 is 1.10 bits per heavy atom. The van der Waals surface area contributed by atoms with Crippen LogP contribution in [0, 0.1) is 0 Å². The Hall–Kier alpha value is -3.61. The molecule has 12 unspecified atom stereocenters. The van der Waals surface area contributed by atoms with Crippen molar-refractivity contribution in [1.82, 2.24) is 5.32 Å². The van der Waals surface area contributed by atoms with Crippen molar-refractivity contribution in [3.63, 3.8) is 0 Å². The average molecular weight is 1350 g/mol. The third-order valence-corrected chi connectivity index (χ3v) is 18.2. The van der Waals surface area contributed by atoms with Gasteiger partial charge in [0.1, 0.15) is 48.8 Å². The molecule has 0 radical (unpaired) electrons. The number of allylic oxidation sites excluding steroid dienone is 19. The van der Waals surface area contributed by atoms with Gasteiger partial charge in [0.05, 0.1) is 32.0 Å². The standard InChI is InChI=1S/C82H141NO13/c1-3-5-7-9-11-13-15-17-19-21-23-25-27-28-29-30-31-32-33-34-35-36-37-38-39-40-41-42-44-46-48-50-52-54-56-58-60-62-64-66-74(87)83-70(69-93-81-79(92)77(90)80(73(68-85)95-81)96-82-78(91)76(89)75(88)72(67-84)94-82)71(86)65-63-61-59-57-55-53-51-49-47-45-43-26-24-22-20-18-16-14-12-10-8-6-4-2/h5,7,11,13,17,19,23,25,28-29,31-32,34-35,37-38,40-41,63,65,70-73,75-82,84-86,88-92H,3-4,6,8-10,12,14-16,18,20-22,24,26-27,30,33,36,39,42-62,64,66-69H2,1-2H3,(H,83,87)/b7-5-,13-11-,19-17-,25-23-,29-28-,32-31-,35-34-,38-37-,41-40-,65-63+. The van der Waals surface area contributed by atoms with Gasteiger partial charge in [0.15, 0.2) is 12.6 Å². The van der Waals surface area contributed by atoms with Crippen molar-refractivity contribution in [2.75, 3.05) is 19.8 Å². The van der Waals surface area contributed by atoms with E-state index in [1.165, 1.54) is 167 Å². The average Bonchev–Trinajstić information content (AvgIpc) is 0.806. The molecule has 552 valence electrons. The minimum absolute atomic E-state index is 0.244. The van der Waals surface area contributed by atoms with Gasteiger partial charge in [-0.3, -0.25) is 4.79 Å². The normalized spacial score (nSPS) is 22.9. The van der Waals surface area contributed by atoms with Gasteiger partial charge in [-0.25, -0.2) is 0 Å². The fraction of sp³-hybridized carbons (Fsp3) is 0.744. The van der Waals surface area contributed by atoms with E-state index in [0.29, 0.717) is 6.42 Å². The number of carbonyl (C=O) groups is 1. The van der Waals surface area contributed by atoms with E-state index in [9.17, 15) is 45.6 Å². The molecule has 0 aromatic rings. The van der Waals surface area contributed by atoms with Crippen LogP contribution in [0.1, 0.15) is 296 Å². The summed E-state index contributed by atoms with van der Waals surface area (Å²) in [5.74, 6) is -0.244. The van der Waals surface area contributed by atoms with E-state index < -0.39 is 86.8 Å². The van der Waals surface area contributed by atoms with Gasteiger partial charge in [0.25, 0.3) is 0 Å². The van der Waals surface area contributed by atoms with Gasteiger partial charge < -0.3 is 65.1 Å². The van der Waals surface area contributed by atoms with Crippen LogP contribution in [-0.2, 0) is 23.7 Å². The van der Waals surface area contributed by atoms with Crippen LogP contribution in [0.4, 0.5) is 0 Å². The van der Waals surface area contributed by atoms with E-state index in [1.54, 1.807) is 6.08 Å². The number of aliphatic hydroxyl groups is 8. The van der Waals surface area contributed by atoms with Crippen LogP contribution >= 0.6 is 0 Å². The third kappa shape index (κ3) is 47.4.